The molecule has 4 nitrogen and oxygen atoms in total. The highest BCUT2D eigenvalue weighted by atomic mass is 16.1. The number of nitrogens with zero attached hydrogens (tertiary/aromatic N) is 1. The zero-order valence-electron chi connectivity index (χ0n) is 9.96. The van der Waals surface area contributed by atoms with Crippen molar-refractivity contribution in [3.8, 4) is 6.07 Å². The molecule has 2 N–H and O–H groups in total. The maximum atomic E-state index is 11.3. The minimum atomic E-state index is -0.0933. The van der Waals surface area contributed by atoms with Crippen molar-refractivity contribution in [2.45, 2.75) is 45.1 Å². The number of hydrogen-bond acceptors (Lipinski definition) is 3. The molecular formula is C12H21N3O. The Labute approximate surface area is 97.4 Å². The van der Waals surface area contributed by atoms with Gasteiger partial charge in [0.2, 0.25) is 5.91 Å². The van der Waals surface area contributed by atoms with Crippen LogP contribution in [-0.4, -0.2) is 25.0 Å². The van der Waals surface area contributed by atoms with E-state index >= 15 is 0 Å². The standard InChI is InChI=1S/C12H21N3O/c1-10(11-5-3-2-4-6-11)15-9-12(16)14-8-7-13/h10-11,15H,2-6,8-9H2,1H3,(H,14,16)/t10-/m0/s1. The molecule has 0 heterocycles. The molecule has 1 fully saturated rings. The number of nitrogens with one attached hydrogen (secondary N) is 2. The van der Waals surface area contributed by atoms with Crippen LogP contribution in [0.4, 0.5) is 0 Å². The van der Waals surface area contributed by atoms with Crippen molar-refractivity contribution < 1.29 is 4.79 Å². The normalized spacial score (nSPS) is 18.8. The van der Waals surface area contributed by atoms with E-state index in [1.54, 1.807) is 0 Å². The van der Waals surface area contributed by atoms with E-state index in [-0.39, 0.29) is 12.5 Å². The molecule has 0 spiro atoms. The minimum absolute atomic E-state index is 0.0933. The Balaban J connectivity index is 2.16. The fourth-order valence-electron chi connectivity index (χ4n) is 2.26. The summed E-state index contributed by atoms with van der Waals surface area (Å²) in [4.78, 5) is 11.3. The molecule has 0 aliphatic heterocycles. The molecule has 0 aromatic rings. The van der Waals surface area contributed by atoms with E-state index in [2.05, 4.69) is 17.6 Å². The number of amides is 1. The van der Waals surface area contributed by atoms with Crippen molar-refractivity contribution in [3.63, 3.8) is 0 Å². The Kier molecular flexibility index (Phi) is 5.87. The number of nitriles is 1. The summed E-state index contributed by atoms with van der Waals surface area (Å²) < 4.78 is 0. The van der Waals surface area contributed by atoms with E-state index in [0.29, 0.717) is 18.5 Å². The zero-order valence-corrected chi connectivity index (χ0v) is 9.96. The SMILES string of the molecule is C[C@H](NCC(=O)NCC#N)C1CCCCC1. The maximum absolute atomic E-state index is 11.3. The minimum Gasteiger partial charge on any atom is -0.342 e. The predicted molar refractivity (Wildman–Crippen MR) is 62.7 cm³/mol. The van der Waals surface area contributed by atoms with Crippen LogP contribution in [0, 0.1) is 17.2 Å². The van der Waals surface area contributed by atoms with Crippen LogP contribution in [0.3, 0.4) is 0 Å². The molecule has 1 aliphatic carbocycles. The quantitative estimate of drug-likeness (QED) is 0.688. The highest BCUT2D eigenvalue weighted by molar-refractivity contribution is 5.78. The second-order valence-electron chi connectivity index (χ2n) is 4.50. The fourth-order valence-corrected chi connectivity index (χ4v) is 2.26. The number of carbonyl (C=O) groups excluding carboxylic acids is 1. The van der Waals surface area contributed by atoms with Gasteiger partial charge in [0.1, 0.15) is 6.54 Å². The van der Waals surface area contributed by atoms with Gasteiger partial charge in [-0.05, 0) is 25.7 Å². The summed E-state index contributed by atoms with van der Waals surface area (Å²) in [6.07, 6.45) is 6.53. The molecule has 0 unspecified atom stereocenters. The van der Waals surface area contributed by atoms with Crippen LogP contribution in [0.2, 0.25) is 0 Å². The summed E-state index contributed by atoms with van der Waals surface area (Å²) in [5.74, 6) is 0.613. The summed E-state index contributed by atoms with van der Waals surface area (Å²) in [6, 6.07) is 2.29. The van der Waals surface area contributed by atoms with Gasteiger partial charge in [0, 0.05) is 6.04 Å². The van der Waals surface area contributed by atoms with Gasteiger partial charge < -0.3 is 10.6 Å². The third kappa shape index (κ3) is 4.63. The van der Waals surface area contributed by atoms with Crippen LogP contribution in [0.25, 0.3) is 0 Å². The predicted octanol–water partition coefficient (Wildman–Crippen LogP) is 1.18. The van der Waals surface area contributed by atoms with Crippen LogP contribution >= 0.6 is 0 Å². The zero-order chi connectivity index (χ0) is 11.8. The van der Waals surface area contributed by atoms with E-state index in [1.807, 2.05) is 6.07 Å². The number of carbonyl (C=O) groups is 1. The lowest BCUT2D eigenvalue weighted by Crippen LogP contribution is -2.41. The monoisotopic (exact) mass is 223 g/mol. The number of rotatable bonds is 5. The smallest absolute Gasteiger partial charge is 0.234 e. The molecule has 1 atom stereocenters. The average Bonchev–Trinajstić information content (AvgIpc) is 2.34. The van der Waals surface area contributed by atoms with Crippen molar-refractivity contribution in [2.75, 3.05) is 13.1 Å². The molecule has 1 rings (SSSR count). The molecule has 4 heteroatoms. The van der Waals surface area contributed by atoms with E-state index in [0.717, 1.165) is 0 Å². The molecule has 0 radical (unpaired) electrons. The summed E-state index contributed by atoms with van der Waals surface area (Å²) >= 11 is 0. The van der Waals surface area contributed by atoms with Gasteiger partial charge in [-0.1, -0.05) is 19.3 Å². The van der Waals surface area contributed by atoms with Crippen molar-refractivity contribution >= 4 is 5.91 Å². The van der Waals surface area contributed by atoms with Crippen molar-refractivity contribution in [3.05, 3.63) is 0 Å². The lowest BCUT2D eigenvalue weighted by Gasteiger charge is -2.28. The van der Waals surface area contributed by atoms with Gasteiger partial charge in [-0.25, -0.2) is 0 Å². The van der Waals surface area contributed by atoms with E-state index < -0.39 is 0 Å². The Bertz CT molecular complexity index is 253. The summed E-state index contributed by atoms with van der Waals surface area (Å²) in [6.45, 7) is 2.56. The Morgan fingerprint density at radius 1 is 1.44 bits per heavy atom. The van der Waals surface area contributed by atoms with Gasteiger partial charge in [-0.3, -0.25) is 4.79 Å². The summed E-state index contributed by atoms with van der Waals surface area (Å²) in [5.41, 5.74) is 0. The van der Waals surface area contributed by atoms with E-state index in [9.17, 15) is 4.79 Å². The lowest BCUT2D eigenvalue weighted by atomic mass is 9.84. The van der Waals surface area contributed by atoms with Crippen LogP contribution < -0.4 is 10.6 Å². The summed E-state index contributed by atoms with van der Waals surface area (Å²) in [7, 11) is 0. The average molecular weight is 223 g/mol. The lowest BCUT2D eigenvalue weighted by molar-refractivity contribution is -0.120. The second-order valence-corrected chi connectivity index (χ2v) is 4.50. The molecule has 0 saturated heterocycles. The summed E-state index contributed by atoms with van der Waals surface area (Å²) in [5, 5.41) is 14.1. The first kappa shape index (κ1) is 13.0. The van der Waals surface area contributed by atoms with Gasteiger partial charge in [-0.2, -0.15) is 5.26 Å². The van der Waals surface area contributed by atoms with Crippen LogP contribution in [-0.2, 0) is 4.79 Å². The first-order chi connectivity index (χ1) is 7.74. The second kappa shape index (κ2) is 7.24. The van der Waals surface area contributed by atoms with E-state index in [4.69, 9.17) is 5.26 Å². The topological polar surface area (TPSA) is 64.9 Å². The van der Waals surface area contributed by atoms with Crippen molar-refractivity contribution in [2.24, 2.45) is 5.92 Å². The molecule has 0 aromatic heterocycles. The van der Waals surface area contributed by atoms with Crippen LogP contribution in [0.5, 0.6) is 0 Å². The Hall–Kier alpha value is -1.08. The molecule has 1 aliphatic rings. The van der Waals surface area contributed by atoms with Crippen LogP contribution in [0.1, 0.15) is 39.0 Å². The highest BCUT2D eigenvalue weighted by Gasteiger charge is 2.19. The third-order valence-electron chi connectivity index (χ3n) is 3.31. The number of hydrogen-bond donors (Lipinski definition) is 2. The first-order valence-electron chi connectivity index (χ1n) is 6.11. The van der Waals surface area contributed by atoms with Crippen LogP contribution in [0.15, 0.2) is 0 Å². The van der Waals surface area contributed by atoms with Gasteiger partial charge in [0.15, 0.2) is 0 Å². The van der Waals surface area contributed by atoms with Gasteiger partial charge >= 0.3 is 0 Å². The van der Waals surface area contributed by atoms with Gasteiger partial charge in [-0.15, -0.1) is 0 Å². The molecule has 1 saturated carbocycles. The molecule has 0 bridgehead atoms. The maximum Gasteiger partial charge on any atom is 0.234 e. The first-order valence-corrected chi connectivity index (χ1v) is 6.11. The van der Waals surface area contributed by atoms with Gasteiger partial charge in [0.25, 0.3) is 0 Å². The molecular weight excluding hydrogens is 202 g/mol. The Morgan fingerprint density at radius 2 is 2.12 bits per heavy atom. The fraction of sp³-hybridized carbons (Fsp3) is 0.833. The third-order valence-corrected chi connectivity index (χ3v) is 3.31. The molecule has 1 amide bonds. The van der Waals surface area contributed by atoms with E-state index in [1.165, 1.54) is 32.1 Å². The molecule has 16 heavy (non-hydrogen) atoms. The largest absolute Gasteiger partial charge is 0.342 e. The van der Waals surface area contributed by atoms with Gasteiger partial charge in [0.05, 0.1) is 12.6 Å². The molecule has 90 valence electrons. The van der Waals surface area contributed by atoms with Crippen molar-refractivity contribution in [1.29, 1.82) is 5.26 Å². The highest BCUT2D eigenvalue weighted by Crippen LogP contribution is 2.26. The molecule has 0 aromatic carbocycles. The Morgan fingerprint density at radius 3 is 2.75 bits per heavy atom. The van der Waals surface area contributed by atoms with Crippen molar-refractivity contribution in [1.82, 2.24) is 10.6 Å².